The van der Waals surface area contributed by atoms with E-state index in [9.17, 15) is 4.79 Å². The molecule has 1 aromatic rings. The Hall–Kier alpha value is -1.36. The molecular weight excluding hydrogens is 240 g/mol. The van der Waals surface area contributed by atoms with E-state index in [4.69, 9.17) is 5.73 Å². The van der Waals surface area contributed by atoms with Gasteiger partial charge >= 0.3 is 0 Å². The quantitative estimate of drug-likeness (QED) is 0.753. The van der Waals surface area contributed by atoms with Gasteiger partial charge in [-0.25, -0.2) is 4.98 Å². The third-order valence-corrected chi connectivity index (χ3v) is 3.94. The first kappa shape index (κ1) is 15.7. The summed E-state index contributed by atoms with van der Waals surface area (Å²) in [6.45, 7) is 8.34. The second kappa shape index (κ2) is 7.28. The van der Waals surface area contributed by atoms with Crippen LogP contribution in [0.25, 0.3) is 0 Å². The molecule has 0 fully saturated rings. The monoisotopic (exact) mass is 266 g/mol. The minimum atomic E-state index is -0.0533. The van der Waals surface area contributed by atoms with Crippen LogP contribution in [0.2, 0.25) is 0 Å². The molecule has 0 spiro atoms. The highest BCUT2D eigenvalue weighted by Crippen LogP contribution is 2.24. The van der Waals surface area contributed by atoms with E-state index in [0.29, 0.717) is 18.9 Å². The minimum Gasteiger partial charge on any atom is -0.365 e. The lowest BCUT2D eigenvalue weighted by atomic mass is 9.82. The van der Waals surface area contributed by atoms with Crippen molar-refractivity contribution in [1.29, 1.82) is 0 Å². The van der Waals surface area contributed by atoms with Gasteiger partial charge in [0.25, 0.3) is 5.56 Å². The molecule has 5 heteroatoms. The van der Waals surface area contributed by atoms with Gasteiger partial charge in [-0.05, 0) is 31.2 Å². The van der Waals surface area contributed by atoms with Gasteiger partial charge in [0.1, 0.15) is 0 Å². The molecule has 0 unspecified atom stereocenters. The van der Waals surface area contributed by atoms with Crippen LogP contribution < -0.4 is 16.6 Å². The highest BCUT2D eigenvalue weighted by molar-refractivity contribution is 5.31. The summed E-state index contributed by atoms with van der Waals surface area (Å²) < 4.78 is 1.69. The van der Waals surface area contributed by atoms with Gasteiger partial charge in [-0.2, -0.15) is 0 Å². The van der Waals surface area contributed by atoms with Crippen molar-refractivity contribution < 1.29 is 0 Å². The van der Waals surface area contributed by atoms with Gasteiger partial charge in [-0.3, -0.25) is 4.79 Å². The van der Waals surface area contributed by atoms with E-state index in [1.54, 1.807) is 17.0 Å². The van der Waals surface area contributed by atoms with Crippen molar-refractivity contribution in [2.45, 2.75) is 46.6 Å². The Balaban J connectivity index is 2.83. The predicted molar refractivity (Wildman–Crippen MR) is 79.3 cm³/mol. The highest BCUT2D eigenvalue weighted by Gasteiger charge is 2.24. The summed E-state index contributed by atoms with van der Waals surface area (Å²) in [6.07, 6.45) is 6.31. The highest BCUT2D eigenvalue weighted by atomic mass is 16.1. The Kier molecular flexibility index (Phi) is 6.02. The number of rotatable bonds is 8. The maximum Gasteiger partial charge on any atom is 0.293 e. The van der Waals surface area contributed by atoms with Crippen LogP contribution in [-0.4, -0.2) is 22.6 Å². The Bertz CT molecular complexity index is 429. The van der Waals surface area contributed by atoms with E-state index in [-0.39, 0.29) is 11.0 Å². The largest absolute Gasteiger partial charge is 0.365 e. The summed E-state index contributed by atoms with van der Waals surface area (Å²) in [6, 6.07) is 0. The van der Waals surface area contributed by atoms with Crippen molar-refractivity contribution in [3.8, 4) is 0 Å². The van der Waals surface area contributed by atoms with Gasteiger partial charge in [-0.15, -0.1) is 0 Å². The molecule has 0 atom stereocenters. The zero-order valence-electron chi connectivity index (χ0n) is 12.3. The molecule has 0 saturated heterocycles. The molecule has 1 heterocycles. The Labute approximate surface area is 115 Å². The van der Waals surface area contributed by atoms with Gasteiger partial charge in [-0.1, -0.05) is 20.8 Å². The number of aromatic nitrogens is 2. The first-order valence-corrected chi connectivity index (χ1v) is 7.11. The molecule has 0 amide bonds. The summed E-state index contributed by atoms with van der Waals surface area (Å²) in [5.41, 5.74) is 5.85. The maximum atomic E-state index is 12.1. The standard InChI is InChI=1S/C14H26N4O/c1-4-8-18-9-7-16-12(13(18)19)17-11-14(5-2,6-3)10-15/h7,9H,4-6,8,10-11,15H2,1-3H3,(H,16,17). The average molecular weight is 266 g/mol. The van der Waals surface area contributed by atoms with Crippen molar-refractivity contribution in [1.82, 2.24) is 9.55 Å². The van der Waals surface area contributed by atoms with E-state index in [2.05, 4.69) is 24.1 Å². The van der Waals surface area contributed by atoms with E-state index in [0.717, 1.165) is 25.8 Å². The summed E-state index contributed by atoms with van der Waals surface area (Å²) in [5, 5.41) is 3.18. The molecule has 0 aliphatic rings. The zero-order valence-corrected chi connectivity index (χ0v) is 12.3. The molecule has 3 N–H and O–H groups in total. The van der Waals surface area contributed by atoms with Gasteiger partial charge < -0.3 is 15.6 Å². The molecule has 0 saturated carbocycles. The van der Waals surface area contributed by atoms with Crippen LogP contribution >= 0.6 is 0 Å². The summed E-state index contributed by atoms with van der Waals surface area (Å²) in [4.78, 5) is 16.3. The topological polar surface area (TPSA) is 72.9 Å². The van der Waals surface area contributed by atoms with E-state index in [1.165, 1.54) is 0 Å². The third kappa shape index (κ3) is 3.80. The Morgan fingerprint density at radius 2 is 2.05 bits per heavy atom. The SMILES string of the molecule is CCCn1ccnc(NCC(CC)(CC)CN)c1=O. The molecule has 0 bridgehead atoms. The summed E-state index contributed by atoms with van der Waals surface area (Å²) >= 11 is 0. The van der Waals surface area contributed by atoms with Crippen molar-refractivity contribution in [3.63, 3.8) is 0 Å². The molecule has 5 nitrogen and oxygen atoms in total. The molecule has 0 aliphatic heterocycles. The third-order valence-electron chi connectivity index (χ3n) is 3.94. The predicted octanol–water partition coefficient (Wildman–Crippen LogP) is 1.83. The number of hydrogen-bond donors (Lipinski definition) is 2. The Morgan fingerprint density at radius 1 is 1.37 bits per heavy atom. The molecular formula is C14H26N4O. The number of nitrogens with zero attached hydrogens (tertiary/aromatic N) is 2. The lowest BCUT2D eigenvalue weighted by Gasteiger charge is -2.30. The van der Waals surface area contributed by atoms with Crippen molar-refractivity contribution in [2.75, 3.05) is 18.4 Å². The van der Waals surface area contributed by atoms with Gasteiger partial charge in [0.2, 0.25) is 0 Å². The molecule has 1 rings (SSSR count). The number of nitrogens with two attached hydrogens (primary N) is 1. The second-order valence-corrected chi connectivity index (χ2v) is 5.04. The first-order valence-electron chi connectivity index (χ1n) is 7.11. The fraction of sp³-hybridized carbons (Fsp3) is 0.714. The van der Waals surface area contributed by atoms with Gasteiger partial charge in [0.05, 0.1) is 0 Å². The maximum absolute atomic E-state index is 12.1. The minimum absolute atomic E-state index is 0.0412. The van der Waals surface area contributed by atoms with Crippen LogP contribution in [0.4, 0.5) is 5.82 Å². The van der Waals surface area contributed by atoms with Crippen molar-refractivity contribution >= 4 is 5.82 Å². The van der Waals surface area contributed by atoms with Crippen LogP contribution in [0.15, 0.2) is 17.2 Å². The van der Waals surface area contributed by atoms with Crippen LogP contribution in [-0.2, 0) is 6.54 Å². The fourth-order valence-corrected chi connectivity index (χ4v) is 2.12. The van der Waals surface area contributed by atoms with E-state index < -0.39 is 0 Å². The zero-order chi connectivity index (χ0) is 14.3. The number of anilines is 1. The van der Waals surface area contributed by atoms with Gasteiger partial charge in [0.15, 0.2) is 5.82 Å². The molecule has 19 heavy (non-hydrogen) atoms. The lowest BCUT2D eigenvalue weighted by molar-refractivity contribution is 0.294. The molecule has 0 aliphatic carbocycles. The lowest BCUT2D eigenvalue weighted by Crippen LogP contribution is -2.37. The van der Waals surface area contributed by atoms with Crippen molar-refractivity contribution in [2.24, 2.45) is 11.1 Å². The van der Waals surface area contributed by atoms with Crippen LogP contribution in [0.5, 0.6) is 0 Å². The van der Waals surface area contributed by atoms with E-state index in [1.807, 2.05) is 6.92 Å². The Morgan fingerprint density at radius 3 is 2.58 bits per heavy atom. The molecule has 108 valence electrons. The van der Waals surface area contributed by atoms with Crippen molar-refractivity contribution in [3.05, 3.63) is 22.7 Å². The van der Waals surface area contributed by atoms with Gasteiger partial charge in [0, 0.05) is 25.5 Å². The first-order chi connectivity index (χ1) is 9.12. The normalized spacial score (nSPS) is 11.6. The van der Waals surface area contributed by atoms with E-state index >= 15 is 0 Å². The number of hydrogen-bond acceptors (Lipinski definition) is 4. The number of nitrogens with one attached hydrogen (secondary N) is 1. The molecule has 1 aromatic heterocycles. The molecule has 0 radical (unpaired) electrons. The second-order valence-electron chi connectivity index (χ2n) is 5.04. The van der Waals surface area contributed by atoms with Crippen LogP contribution in [0.1, 0.15) is 40.0 Å². The smallest absolute Gasteiger partial charge is 0.293 e. The fourth-order valence-electron chi connectivity index (χ4n) is 2.12. The molecule has 0 aromatic carbocycles. The number of aryl methyl sites for hydroxylation is 1. The van der Waals surface area contributed by atoms with Crippen LogP contribution in [0.3, 0.4) is 0 Å². The van der Waals surface area contributed by atoms with Crippen LogP contribution in [0, 0.1) is 5.41 Å². The summed E-state index contributed by atoms with van der Waals surface area (Å²) in [5.74, 6) is 0.427. The summed E-state index contributed by atoms with van der Waals surface area (Å²) in [7, 11) is 0. The average Bonchev–Trinajstić information content (AvgIpc) is 2.45.